The molecule has 1 aliphatic rings. The Morgan fingerprint density at radius 3 is 2.60 bits per heavy atom. The number of imide groups is 1. The molecule has 1 atom stereocenters. The molecular weight excluding hydrogens is 330 g/mol. The van der Waals surface area contributed by atoms with Crippen LogP contribution in [-0.2, 0) is 9.59 Å². The summed E-state index contributed by atoms with van der Waals surface area (Å²) in [5, 5.41) is 13.6. The summed E-state index contributed by atoms with van der Waals surface area (Å²) in [6, 6.07) is 3.38. The molecule has 1 aromatic carbocycles. The molecule has 9 heteroatoms. The van der Waals surface area contributed by atoms with Crippen molar-refractivity contribution in [1.82, 2.24) is 10.2 Å². The van der Waals surface area contributed by atoms with Crippen LogP contribution in [0.4, 0.5) is 10.5 Å². The maximum Gasteiger partial charge on any atom is 0.325 e. The Morgan fingerprint density at radius 2 is 1.92 bits per heavy atom. The zero-order valence-electron chi connectivity index (χ0n) is 14.1. The first-order chi connectivity index (χ1) is 11.9. The zero-order valence-corrected chi connectivity index (χ0v) is 14.1. The topological polar surface area (TPSA) is 117 Å². The zero-order chi connectivity index (χ0) is 18.4. The van der Waals surface area contributed by atoms with Crippen molar-refractivity contribution in [3.63, 3.8) is 0 Å². The molecule has 0 saturated carbocycles. The molecule has 0 radical (unpaired) electrons. The summed E-state index contributed by atoms with van der Waals surface area (Å²) >= 11 is 0. The maximum atomic E-state index is 11.9. The number of aliphatic carboxylic acids is 1. The monoisotopic (exact) mass is 351 g/mol. The Bertz CT molecular complexity index is 663. The minimum absolute atomic E-state index is 0.220. The molecule has 25 heavy (non-hydrogen) atoms. The summed E-state index contributed by atoms with van der Waals surface area (Å²) in [6.07, 6.45) is 0.773. The molecule has 2 rings (SSSR count). The van der Waals surface area contributed by atoms with Crippen molar-refractivity contribution in [1.29, 1.82) is 0 Å². The number of urea groups is 1. The van der Waals surface area contributed by atoms with Gasteiger partial charge in [-0.1, -0.05) is 0 Å². The van der Waals surface area contributed by atoms with Crippen LogP contribution in [0.25, 0.3) is 0 Å². The van der Waals surface area contributed by atoms with Crippen LogP contribution < -0.4 is 20.1 Å². The summed E-state index contributed by atoms with van der Waals surface area (Å²) < 4.78 is 11.0. The number of anilines is 1. The van der Waals surface area contributed by atoms with Crippen molar-refractivity contribution in [3.05, 3.63) is 18.2 Å². The predicted molar refractivity (Wildman–Crippen MR) is 88.9 cm³/mol. The van der Waals surface area contributed by atoms with Crippen LogP contribution in [-0.4, -0.2) is 60.8 Å². The van der Waals surface area contributed by atoms with Crippen LogP contribution >= 0.6 is 0 Å². The average Bonchev–Trinajstić information content (AvgIpc) is 2.78. The molecule has 1 heterocycles. The Balaban J connectivity index is 1.88. The molecule has 0 saturated heterocycles. The maximum absolute atomic E-state index is 11.9. The number of rotatable bonds is 5. The third kappa shape index (κ3) is 5.35. The molecule has 0 aliphatic carbocycles. The number of nitrogens with zero attached hydrogens (tertiary/aromatic N) is 1. The summed E-state index contributed by atoms with van der Waals surface area (Å²) in [4.78, 5) is 35.9. The van der Waals surface area contributed by atoms with E-state index in [0.29, 0.717) is 30.4 Å². The van der Waals surface area contributed by atoms with E-state index in [-0.39, 0.29) is 6.54 Å². The van der Waals surface area contributed by atoms with E-state index in [0.717, 1.165) is 6.42 Å². The lowest BCUT2D eigenvalue weighted by molar-refractivity contribution is -0.142. The number of carbonyl (C=O) groups excluding carboxylic acids is 2. The highest BCUT2D eigenvalue weighted by Crippen LogP contribution is 2.32. The van der Waals surface area contributed by atoms with Crippen molar-refractivity contribution in [2.75, 3.05) is 32.1 Å². The van der Waals surface area contributed by atoms with Gasteiger partial charge in [-0.25, -0.2) is 4.79 Å². The van der Waals surface area contributed by atoms with Crippen LogP contribution in [0.1, 0.15) is 13.3 Å². The molecule has 3 N–H and O–H groups in total. The first-order valence-electron chi connectivity index (χ1n) is 7.80. The number of nitrogens with one attached hydrogen (secondary N) is 2. The van der Waals surface area contributed by atoms with Gasteiger partial charge in [0.2, 0.25) is 5.91 Å². The molecule has 0 bridgehead atoms. The largest absolute Gasteiger partial charge is 0.490 e. The summed E-state index contributed by atoms with van der Waals surface area (Å²) in [5.74, 6) is -0.533. The normalized spacial score (nSPS) is 14.4. The average molecular weight is 351 g/mol. The molecule has 0 aromatic heterocycles. The summed E-state index contributed by atoms with van der Waals surface area (Å²) in [5.41, 5.74) is 0.446. The number of amides is 3. The summed E-state index contributed by atoms with van der Waals surface area (Å²) in [6.45, 7) is 2.32. The fraction of sp³-hybridized carbons (Fsp3) is 0.438. The minimum atomic E-state index is -1.05. The van der Waals surface area contributed by atoms with E-state index in [1.807, 2.05) is 0 Å². The minimum Gasteiger partial charge on any atom is -0.490 e. The molecule has 9 nitrogen and oxygen atoms in total. The highest BCUT2D eigenvalue weighted by Gasteiger charge is 2.20. The van der Waals surface area contributed by atoms with E-state index in [2.05, 4.69) is 10.6 Å². The lowest BCUT2D eigenvalue weighted by atomic mass is 10.3. The number of hydrogen-bond acceptors (Lipinski definition) is 6. The second kappa shape index (κ2) is 8.34. The van der Waals surface area contributed by atoms with E-state index in [1.54, 1.807) is 18.2 Å². The number of carbonyl (C=O) groups is 3. The number of benzene rings is 1. The molecule has 0 fully saturated rings. The fourth-order valence-electron chi connectivity index (χ4n) is 2.12. The van der Waals surface area contributed by atoms with Gasteiger partial charge in [-0.2, -0.15) is 0 Å². The number of ether oxygens (including phenoxy) is 2. The molecule has 1 unspecified atom stereocenters. The first kappa shape index (κ1) is 18.5. The van der Waals surface area contributed by atoms with Gasteiger partial charge in [0.15, 0.2) is 11.5 Å². The lowest BCUT2D eigenvalue weighted by Crippen LogP contribution is -2.45. The van der Waals surface area contributed by atoms with Crippen molar-refractivity contribution >= 4 is 23.6 Å². The quantitative estimate of drug-likeness (QED) is 0.721. The Kier molecular flexibility index (Phi) is 6.18. The van der Waals surface area contributed by atoms with E-state index in [1.165, 1.54) is 18.9 Å². The van der Waals surface area contributed by atoms with E-state index in [9.17, 15) is 14.4 Å². The molecule has 136 valence electrons. The van der Waals surface area contributed by atoms with Gasteiger partial charge in [-0.05, 0) is 26.1 Å². The molecule has 1 aromatic rings. The fourth-order valence-corrected chi connectivity index (χ4v) is 2.12. The number of likely N-dealkylation sites (N-methyl/N-ethyl adjacent to an activating group) is 1. The van der Waals surface area contributed by atoms with Crippen molar-refractivity contribution in [2.45, 2.75) is 19.4 Å². The van der Waals surface area contributed by atoms with E-state index in [4.69, 9.17) is 14.6 Å². The molecule has 0 spiro atoms. The van der Waals surface area contributed by atoms with E-state index < -0.39 is 23.9 Å². The third-order valence-electron chi connectivity index (χ3n) is 3.67. The van der Waals surface area contributed by atoms with Crippen molar-refractivity contribution < 1.29 is 29.0 Å². The Morgan fingerprint density at radius 1 is 1.24 bits per heavy atom. The van der Waals surface area contributed by atoms with Gasteiger partial charge in [0.05, 0.1) is 19.8 Å². The van der Waals surface area contributed by atoms with Gasteiger partial charge in [0.25, 0.3) is 0 Å². The number of fused-ring (bicyclic) bond motifs is 1. The second-order valence-electron chi connectivity index (χ2n) is 5.64. The summed E-state index contributed by atoms with van der Waals surface area (Å²) in [7, 11) is 1.49. The van der Waals surface area contributed by atoms with E-state index >= 15 is 0 Å². The third-order valence-corrected chi connectivity index (χ3v) is 3.67. The Labute approximate surface area is 144 Å². The van der Waals surface area contributed by atoms with Crippen LogP contribution in [0.15, 0.2) is 18.2 Å². The number of hydrogen-bond donors (Lipinski definition) is 3. The van der Waals surface area contributed by atoms with Crippen LogP contribution in [0, 0.1) is 0 Å². The van der Waals surface area contributed by atoms with Crippen molar-refractivity contribution in [2.24, 2.45) is 0 Å². The standard InChI is InChI=1S/C16H21N3O6/c1-10(15(21)22)19(2)9-14(20)18-16(23)17-11-4-5-12-13(8-11)25-7-3-6-24-12/h4-5,8,10H,3,6-7,9H2,1-2H3,(H,21,22)(H2,17,18,20,23). The Hall–Kier alpha value is -2.81. The van der Waals surface area contributed by atoms with Crippen LogP contribution in [0.5, 0.6) is 11.5 Å². The van der Waals surface area contributed by atoms with Gasteiger partial charge in [0, 0.05) is 18.2 Å². The van der Waals surface area contributed by atoms with Gasteiger partial charge in [-0.3, -0.25) is 19.8 Å². The van der Waals surface area contributed by atoms with Gasteiger partial charge < -0.3 is 19.9 Å². The lowest BCUT2D eigenvalue weighted by Gasteiger charge is -2.20. The second-order valence-corrected chi connectivity index (χ2v) is 5.64. The van der Waals surface area contributed by atoms with Gasteiger partial charge >= 0.3 is 12.0 Å². The number of carboxylic acids is 1. The molecule has 3 amide bonds. The highest BCUT2D eigenvalue weighted by molar-refractivity contribution is 6.02. The van der Waals surface area contributed by atoms with Gasteiger partial charge in [-0.15, -0.1) is 0 Å². The van der Waals surface area contributed by atoms with Crippen LogP contribution in [0.2, 0.25) is 0 Å². The number of carboxylic acid groups (broad SMARTS) is 1. The van der Waals surface area contributed by atoms with Crippen LogP contribution in [0.3, 0.4) is 0 Å². The molecule has 1 aliphatic heterocycles. The predicted octanol–water partition coefficient (Wildman–Crippen LogP) is 0.901. The van der Waals surface area contributed by atoms with Gasteiger partial charge in [0.1, 0.15) is 6.04 Å². The van der Waals surface area contributed by atoms with Crippen molar-refractivity contribution in [3.8, 4) is 11.5 Å². The highest BCUT2D eigenvalue weighted by atomic mass is 16.5. The smallest absolute Gasteiger partial charge is 0.325 e. The first-order valence-corrected chi connectivity index (χ1v) is 7.80. The molecular formula is C16H21N3O6. The SMILES string of the molecule is CC(C(=O)O)N(C)CC(=O)NC(=O)Nc1ccc2c(c1)OCCCO2.